The van der Waals surface area contributed by atoms with Gasteiger partial charge in [0.1, 0.15) is 58.5 Å². The first kappa shape index (κ1) is 39.1. The van der Waals surface area contributed by atoms with E-state index in [1.807, 2.05) is 0 Å². The lowest BCUT2D eigenvalue weighted by molar-refractivity contribution is -0.151. The van der Waals surface area contributed by atoms with Crippen LogP contribution in [0.25, 0.3) is 0 Å². The number of rotatable bonds is 17. The van der Waals surface area contributed by atoms with Gasteiger partial charge in [-0.2, -0.15) is 0 Å². The van der Waals surface area contributed by atoms with Crippen molar-refractivity contribution >= 4 is 29.8 Å². The van der Waals surface area contributed by atoms with Crippen molar-refractivity contribution in [3.05, 3.63) is 46.5 Å². The van der Waals surface area contributed by atoms with E-state index in [2.05, 4.69) is 0 Å². The number of hydrogen-bond acceptors (Lipinski definition) is 14. The molecule has 2 rings (SSSR count). The van der Waals surface area contributed by atoms with E-state index in [0.717, 1.165) is 6.07 Å². The highest BCUT2D eigenvalue weighted by Crippen LogP contribution is 2.32. The Hall–Kier alpha value is -5.05. The number of aliphatic hydroxyl groups excluding tert-OH is 1. The summed E-state index contributed by atoms with van der Waals surface area (Å²) in [7, 11) is 1.34. The number of carboxylic acid groups (broad SMARTS) is 1. The van der Waals surface area contributed by atoms with Crippen LogP contribution in [-0.2, 0) is 46.2 Å². The number of ether oxygens (including phenoxy) is 5. The second-order valence-corrected chi connectivity index (χ2v) is 11.5. The predicted molar refractivity (Wildman–Crippen MR) is 166 cm³/mol. The normalized spacial score (nSPS) is 14.1. The number of phenolic OH excluding ortho intramolecular Hbond substituents is 3. The summed E-state index contributed by atoms with van der Waals surface area (Å²) in [6.07, 6.45) is -5.96. The number of methoxy groups -OCH3 is 1. The Labute approximate surface area is 276 Å². The van der Waals surface area contributed by atoms with Gasteiger partial charge in [-0.25, -0.2) is 9.59 Å². The molecule has 0 spiro atoms. The number of phenols is 3. The third-order valence-corrected chi connectivity index (χ3v) is 6.68. The lowest BCUT2D eigenvalue weighted by atomic mass is 10.00. The molecule has 15 heteroatoms. The molecule has 0 saturated carbocycles. The van der Waals surface area contributed by atoms with Crippen LogP contribution in [0.5, 0.6) is 23.0 Å². The summed E-state index contributed by atoms with van der Waals surface area (Å²) in [4.78, 5) is 61.5. The molecule has 5 atom stereocenters. The lowest BCUT2D eigenvalue weighted by Crippen LogP contribution is -2.25. The number of benzene rings is 2. The van der Waals surface area contributed by atoms with Gasteiger partial charge in [0.15, 0.2) is 0 Å². The number of aliphatic carboxylic acids is 1. The van der Waals surface area contributed by atoms with Gasteiger partial charge in [0, 0.05) is 25.0 Å². The van der Waals surface area contributed by atoms with Crippen LogP contribution >= 0.6 is 0 Å². The number of hydrogen-bond donors (Lipinski definition) is 5. The van der Waals surface area contributed by atoms with Crippen molar-refractivity contribution in [1.82, 2.24) is 0 Å². The highest BCUT2D eigenvalue weighted by atomic mass is 16.6. The van der Waals surface area contributed by atoms with E-state index in [1.54, 1.807) is 0 Å². The van der Waals surface area contributed by atoms with Gasteiger partial charge in [0.2, 0.25) is 0 Å². The Bertz CT molecular complexity index is 1480. The Balaban J connectivity index is 2.10. The van der Waals surface area contributed by atoms with Gasteiger partial charge in [-0.15, -0.1) is 0 Å². The largest absolute Gasteiger partial charge is 0.508 e. The predicted octanol–water partition coefficient (Wildman–Crippen LogP) is 3.19. The molecule has 0 heterocycles. The zero-order chi connectivity index (χ0) is 36.3. The maximum Gasteiger partial charge on any atom is 0.342 e. The van der Waals surface area contributed by atoms with Gasteiger partial charge in [-0.05, 0) is 57.9 Å². The van der Waals surface area contributed by atoms with E-state index >= 15 is 0 Å². The molecule has 0 fully saturated rings. The fourth-order valence-electron chi connectivity index (χ4n) is 4.77. The molecule has 15 nitrogen and oxygen atoms in total. The summed E-state index contributed by atoms with van der Waals surface area (Å²) < 4.78 is 26.4. The quantitative estimate of drug-likeness (QED) is 0.119. The van der Waals surface area contributed by atoms with E-state index in [4.69, 9.17) is 28.8 Å². The number of aliphatic hydroxyl groups is 1. The first-order chi connectivity index (χ1) is 22.4. The molecule has 0 aliphatic carbocycles. The van der Waals surface area contributed by atoms with E-state index < -0.39 is 84.7 Å². The summed E-state index contributed by atoms with van der Waals surface area (Å²) in [5, 5.41) is 49.3. The van der Waals surface area contributed by atoms with Crippen LogP contribution < -0.4 is 4.74 Å². The van der Waals surface area contributed by atoms with Crippen LogP contribution in [-0.4, -0.2) is 93.0 Å². The highest BCUT2D eigenvalue weighted by molar-refractivity contribution is 5.95. The second kappa shape index (κ2) is 17.8. The van der Waals surface area contributed by atoms with Gasteiger partial charge in [0.25, 0.3) is 0 Å². The van der Waals surface area contributed by atoms with Gasteiger partial charge in [-0.3, -0.25) is 14.4 Å². The molecule has 0 saturated heterocycles. The minimum Gasteiger partial charge on any atom is -0.508 e. The summed E-state index contributed by atoms with van der Waals surface area (Å²) in [6, 6.07) is 4.74. The Morgan fingerprint density at radius 2 is 1.08 bits per heavy atom. The molecule has 0 aliphatic heterocycles. The fourth-order valence-corrected chi connectivity index (χ4v) is 4.77. The maximum absolute atomic E-state index is 13.1. The van der Waals surface area contributed by atoms with Crippen molar-refractivity contribution in [2.24, 2.45) is 0 Å². The zero-order valence-electron chi connectivity index (χ0n) is 27.6. The average Bonchev–Trinajstić information content (AvgIpc) is 2.90. The molecule has 264 valence electrons. The van der Waals surface area contributed by atoms with Crippen LogP contribution in [0.1, 0.15) is 85.7 Å². The molecule has 0 amide bonds. The molecule has 0 radical (unpaired) electrons. The second-order valence-electron chi connectivity index (χ2n) is 11.5. The maximum atomic E-state index is 13.1. The molecule has 0 unspecified atom stereocenters. The molecule has 2 aromatic rings. The van der Waals surface area contributed by atoms with Crippen molar-refractivity contribution in [1.29, 1.82) is 0 Å². The summed E-state index contributed by atoms with van der Waals surface area (Å²) >= 11 is 0. The number of carbonyl (C=O) groups is 5. The highest BCUT2D eigenvalue weighted by Gasteiger charge is 2.27. The summed E-state index contributed by atoms with van der Waals surface area (Å²) in [5.41, 5.74) is -0.267. The molecular formula is C33H42O15. The van der Waals surface area contributed by atoms with Crippen molar-refractivity contribution < 1.29 is 73.2 Å². The lowest BCUT2D eigenvalue weighted by Gasteiger charge is -2.20. The number of carbonyl (C=O) groups excluding carboxylic acids is 4. The molecule has 0 aromatic heterocycles. The van der Waals surface area contributed by atoms with Crippen LogP contribution in [0.4, 0.5) is 0 Å². The molecule has 0 aliphatic rings. The SMILES string of the molecule is COc1cc(O)c(C(=O)O[C@H](C)CC(=O)O)c(C[C@@H](C)OC(=O)C[C@@H](C)OC(=O)c2c(O)cc(O)cc2C[C@@H](C)OC(=O)C[C@@H](C)O)c1. The van der Waals surface area contributed by atoms with E-state index in [1.165, 1.54) is 59.9 Å². The first-order valence-corrected chi connectivity index (χ1v) is 15.1. The van der Waals surface area contributed by atoms with Gasteiger partial charge in [-0.1, -0.05) is 0 Å². The van der Waals surface area contributed by atoms with Crippen LogP contribution in [0.2, 0.25) is 0 Å². The molecule has 0 bridgehead atoms. The van der Waals surface area contributed by atoms with E-state index in [-0.39, 0.29) is 53.0 Å². The van der Waals surface area contributed by atoms with Crippen LogP contribution in [0.15, 0.2) is 24.3 Å². The molecule has 48 heavy (non-hydrogen) atoms. The van der Waals surface area contributed by atoms with Crippen LogP contribution in [0.3, 0.4) is 0 Å². The van der Waals surface area contributed by atoms with Crippen molar-refractivity contribution in [2.45, 2.75) is 97.2 Å². The number of esters is 4. The third-order valence-electron chi connectivity index (χ3n) is 6.68. The minimum absolute atomic E-state index is 0.0901. The molecule has 5 N–H and O–H groups in total. The van der Waals surface area contributed by atoms with Crippen molar-refractivity contribution in [2.75, 3.05) is 7.11 Å². The Morgan fingerprint density at radius 3 is 1.56 bits per heavy atom. The van der Waals surface area contributed by atoms with E-state index in [0.29, 0.717) is 0 Å². The third kappa shape index (κ3) is 12.3. The van der Waals surface area contributed by atoms with Gasteiger partial charge in [0.05, 0.1) is 32.5 Å². The summed E-state index contributed by atoms with van der Waals surface area (Å²) in [6.45, 7) is 7.25. The fraction of sp³-hybridized carbons (Fsp3) is 0.485. The summed E-state index contributed by atoms with van der Waals surface area (Å²) in [5.74, 6) is -5.91. The first-order valence-electron chi connectivity index (χ1n) is 15.1. The monoisotopic (exact) mass is 678 g/mol. The number of aromatic hydroxyl groups is 3. The van der Waals surface area contributed by atoms with Crippen molar-refractivity contribution in [3.63, 3.8) is 0 Å². The van der Waals surface area contributed by atoms with Gasteiger partial charge < -0.3 is 49.2 Å². The Morgan fingerprint density at radius 1 is 0.625 bits per heavy atom. The topological polar surface area (TPSA) is 233 Å². The Kier molecular flexibility index (Phi) is 14.5. The molecule has 2 aromatic carbocycles. The smallest absolute Gasteiger partial charge is 0.342 e. The average molecular weight is 679 g/mol. The molecular weight excluding hydrogens is 636 g/mol. The number of carboxylic acids is 1. The van der Waals surface area contributed by atoms with Crippen molar-refractivity contribution in [3.8, 4) is 23.0 Å². The van der Waals surface area contributed by atoms with Crippen LogP contribution in [0, 0.1) is 0 Å². The van der Waals surface area contributed by atoms with E-state index in [9.17, 15) is 44.4 Å². The van der Waals surface area contributed by atoms with Gasteiger partial charge >= 0.3 is 29.8 Å². The minimum atomic E-state index is -1.18. The standard InChI is InChI=1S/C33H42O15/c1-16(34)7-28(40)45-17(2)8-21-12-23(35)14-25(36)30(21)32(42)48-20(5)11-29(41)46-18(3)9-22-13-24(44-6)15-26(37)31(22)33(43)47-19(4)10-27(38)39/h12-20,34-37H,7-11H2,1-6H3,(H,38,39)/t16-,17-,18-,19-,20-/m1/s1. The zero-order valence-corrected chi connectivity index (χ0v) is 27.6.